The Morgan fingerprint density at radius 3 is 2.27 bits per heavy atom. The van der Waals surface area contributed by atoms with Crippen LogP contribution in [0.5, 0.6) is 0 Å². The largest absolute Gasteiger partial charge is 0.463 e. The minimum atomic E-state index is -0.600. The highest BCUT2D eigenvalue weighted by Crippen LogP contribution is 2.40. The summed E-state index contributed by atoms with van der Waals surface area (Å²) in [6.07, 6.45) is 4.56. The van der Waals surface area contributed by atoms with Gasteiger partial charge in [0.1, 0.15) is 17.4 Å². The second kappa shape index (κ2) is 11.3. The summed E-state index contributed by atoms with van der Waals surface area (Å²) in [5, 5.41) is 9.70. The molecule has 0 fully saturated rings. The predicted octanol–water partition coefficient (Wildman–Crippen LogP) is 4.74. The van der Waals surface area contributed by atoms with Crippen molar-refractivity contribution < 1.29 is 14.3 Å². The first-order valence-electron chi connectivity index (χ1n) is 10.8. The molecule has 0 aliphatic carbocycles. The molecule has 30 heavy (non-hydrogen) atoms. The lowest BCUT2D eigenvalue weighted by Gasteiger charge is -2.28. The lowest BCUT2D eigenvalue weighted by Crippen LogP contribution is -2.26. The van der Waals surface area contributed by atoms with E-state index in [0.717, 1.165) is 50.0 Å². The summed E-state index contributed by atoms with van der Waals surface area (Å²) >= 11 is 0. The number of esters is 1. The number of allylic oxidation sites excluding steroid dienone is 2. The Balaban J connectivity index is 2.41. The van der Waals surface area contributed by atoms with E-state index in [-0.39, 0.29) is 18.1 Å². The zero-order valence-electron chi connectivity index (χ0n) is 18.5. The van der Waals surface area contributed by atoms with Crippen LogP contribution >= 0.6 is 0 Å². The van der Waals surface area contributed by atoms with E-state index in [1.165, 1.54) is 0 Å². The topological polar surface area (TPSA) is 88.6 Å². The lowest BCUT2D eigenvalue weighted by atomic mass is 9.83. The summed E-state index contributed by atoms with van der Waals surface area (Å²) < 4.78 is 10.7. The van der Waals surface area contributed by atoms with Crippen LogP contribution in [-0.2, 0) is 14.3 Å². The summed E-state index contributed by atoms with van der Waals surface area (Å²) in [5.41, 5.74) is 8.48. The minimum absolute atomic E-state index is 0.0321. The van der Waals surface area contributed by atoms with Crippen molar-refractivity contribution in [3.05, 3.63) is 52.6 Å². The van der Waals surface area contributed by atoms with Gasteiger partial charge in [-0.2, -0.15) is 5.26 Å². The van der Waals surface area contributed by atoms with Gasteiger partial charge in [-0.15, -0.1) is 0 Å². The Kier molecular flexibility index (Phi) is 8.79. The smallest absolute Gasteiger partial charge is 0.338 e. The fourth-order valence-electron chi connectivity index (χ4n) is 3.63. The maximum absolute atomic E-state index is 12.6. The Morgan fingerprint density at radius 2 is 1.77 bits per heavy atom. The number of ether oxygens (including phenoxy) is 2. The van der Waals surface area contributed by atoms with E-state index in [9.17, 15) is 10.1 Å². The van der Waals surface area contributed by atoms with E-state index >= 15 is 0 Å². The van der Waals surface area contributed by atoms with Crippen molar-refractivity contribution in [2.24, 2.45) is 5.73 Å². The van der Waals surface area contributed by atoms with Crippen LogP contribution in [0.1, 0.15) is 64.9 Å². The summed E-state index contributed by atoms with van der Waals surface area (Å²) in [5.74, 6) is -0.690. The third-order valence-electron chi connectivity index (χ3n) is 5.26. The number of benzene rings is 1. The van der Waals surface area contributed by atoms with Crippen molar-refractivity contribution in [3.63, 3.8) is 0 Å². The van der Waals surface area contributed by atoms with E-state index < -0.39 is 11.9 Å². The van der Waals surface area contributed by atoms with Gasteiger partial charge in [-0.05, 0) is 44.4 Å². The van der Waals surface area contributed by atoms with Gasteiger partial charge in [0.25, 0.3) is 0 Å². The summed E-state index contributed by atoms with van der Waals surface area (Å²) in [4.78, 5) is 15.0. The molecule has 0 bridgehead atoms. The van der Waals surface area contributed by atoms with Crippen molar-refractivity contribution in [3.8, 4) is 6.07 Å². The number of unbranched alkanes of at least 4 members (excludes halogenated alkanes) is 2. The van der Waals surface area contributed by atoms with Crippen LogP contribution in [0.25, 0.3) is 0 Å². The van der Waals surface area contributed by atoms with Crippen molar-refractivity contribution in [1.29, 1.82) is 5.26 Å². The molecule has 1 aliphatic heterocycles. The Labute approximate surface area is 179 Å². The first kappa shape index (κ1) is 23.3. The minimum Gasteiger partial charge on any atom is -0.463 e. The van der Waals surface area contributed by atoms with Crippen LogP contribution in [0, 0.1) is 11.3 Å². The van der Waals surface area contributed by atoms with Crippen LogP contribution in [-0.4, -0.2) is 25.7 Å². The monoisotopic (exact) mass is 411 g/mol. The number of carbonyl (C=O) groups excluding carboxylic acids is 1. The summed E-state index contributed by atoms with van der Waals surface area (Å²) in [6, 6.07) is 10.2. The van der Waals surface area contributed by atoms with E-state index in [1.54, 1.807) is 13.8 Å². The Bertz CT molecular complexity index is 826. The summed E-state index contributed by atoms with van der Waals surface area (Å²) in [7, 11) is 0. The molecule has 0 radical (unpaired) electrons. The molecule has 0 amide bonds. The Morgan fingerprint density at radius 1 is 1.17 bits per heavy atom. The molecule has 0 spiro atoms. The van der Waals surface area contributed by atoms with Crippen molar-refractivity contribution >= 4 is 11.7 Å². The summed E-state index contributed by atoms with van der Waals surface area (Å²) in [6.45, 7) is 10.1. The predicted molar refractivity (Wildman–Crippen MR) is 118 cm³/mol. The molecule has 2 N–H and O–H groups in total. The SMILES string of the molecule is CCCCN(CCCC)c1ccc(C2C(C#N)=C(N)OC(C)=C2C(=O)OCC)cc1. The van der Waals surface area contributed by atoms with Gasteiger partial charge in [0.2, 0.25) is 5.88 Å². The number of hydrogen-bond donors (Lipinski definition) is 1. The first-order chi connectivity index (χ1) is 14.5. The standard InChI is InChI=1S/C24H33N3O3/c1-5-8-14-27(15-9-6-2)19-12-10-18(11-13-19)22-20(16-25)23(26)30-17(4)21(22)24(28)29-7-3/h10-13,22H,5-9,14-15,26H2,1-4H3. The average Bonchev–Trinajstić information content (AvgIpc) is 2.73. The normalized spacial score (nSPS) is 16.2. The van der Waals surface area contributed by atoms with Gasteiger partial charge in [-0.3, -0.25) is 0 Å². The van der Waals surface area contributed by atoms with E-state index in [1.807, 2.05) is 12.1 Å². The molecule has 1 aromatic carbocycles. The fourth-order valence-corrected chi connectivity index (χ4v) is 3.63. The highest BCUT2D eigenvalue weighted by atomic mass is 16.5. The zero-order valence-corrected chi connectivity index (χ0v) is 18.5. The number of anilines is 1. The maximum Gasteiger partial charge on any atom is 0.338 e. The number of nitrogens with two attached hydrogens (primary N) is 1. The van der Waals surface area contributed by atoms with Gasteiger partial charge in [-0.25, -0.2) is 4.79 Å². The highest BCUT2D eigenvalue weighted by Gasteiger charge is 2.36. The van der Waals surface area contributed by atoms with Crippen LogP contribution in [0.4, 0.5) is 5.69 Å². The van der Waals surface area contributed by atoms with Crippen LogP contribution in [0.15, 0.2) is 47.1 Å². The van der Waals surface area contributed by atoms with Crippen molar-refractivity contribution in [1.82, 2.24) is 0 Å². The number of carbonyl (C=O) groups is 1. The number of nitrogens with zero attached hydrogens (tertiary/aromatic N) is 2. The molecule has 6 nitrogen and oxygen atoms in total. The van der Waals surface area contributed by atoms with Gasteiger partial charge in [0.15, 0.2) is 0 Å². The third-order valence-corrected chi connectivity index (χ3v) is 5.26. The van der Waals surface area contributed by atoms with Gasteiger partial charge in [0, 0.05) is 18.8 Å². The van der Waals surface area contributed by atoms with Gasteiger partial charge >= 0.3 is 5.97 Å². The van der Waals surface area contributed by atoms with Crippen molar-refractivity contribution in [2.75, 3.05) is 24.6 Å². The molecule has 1 aromatic rings. The zero-order chi connectivity index (χ0) is 22.1. The molecule has 0 saturated carbocycles. The van der Waals surface area contributed by atoms with Crippen LogP contribution in [0.2, 0.25) is 0 Å². The van der Waals surface area contributed by atoms with Crippen LogP contribution in [0.3, 0.4) is 0 Å². The molecule has 162 valence electrons. The molecule has 2 rings (SSSR count). The Hall–Kier alpha value is -2.94. The van der Waals surface area contributed by atoms with Crippen molar-refractivity contribution in [2.45, 2.75) is 59.3 Å². The molecule has 1 heterocycles. The highest BCUT2D eigenvalue weighted by molar-refractivity contribution is 5.92. The van der Waals surface area contributed by atoms with E-state index in [2.05, 4.69) is 36.9 Å². The molecule has 1 atom stereocenters. The molecular formula is C24H33N3O3. The first-order valence-corrected chi connectivity index (χ1v) is 10.8. The third kappa shape index (κ3) is 5.35. The molecule has 0 saturated heterocycles. The number of rotatable bonds is 10. The molecule has 1 aliphatic rings. The molecular weight excluding hydrogens is 378 g/mol. The molecule has 0 aromatic heterocycles. The quantitative estimate of drug-likeness (QED) is 0.560. The van der Waals surface area contributed by atoms with E-state index in [4.69, 9.17) is 15.2 Å². The van der Waals surface area contributed by atoms with E-state index in [0.29, 0.717) is 11.3 Å². The molecule has 6 heteroatoms. The maximum atomic E-state index is 12.6. The average molecular weight is 412 g/mol. The lowest BCUT2D eigenvalue weighted by molar-refractivity contribution is -0.139. The number of nitriles is 1. The van der Waals surface area contributed by atoms with Gasteiger partial charge in [0.05, 0.1) is 18.1 Å². The van der Waals surface area contributed by atoms with Gasteiger partial charge < -0.3 is 20.1 Å². The van der Waals surface area contributed by atoms with Crippen LogP contribution < -0.4 is 10.6 Å². The molecule has 1 unspecified atom stereocenters. The number of hydrogen-bond acceptors (Lipinski definition) is 6. The fraction of sp³-hybridized carbons (Fsp3) is 0.500. The van der Waals surface area contributed by atoms with Gasteiger partial charge in [-0.1, -0.05) is 38.8 Å². The second-order valence-electron chi connectivity index (χ2n) is 7.40. The second-order valence-corrected chi connectivity index (χ2v) is 7.40.